The van der Waals surface area contributed by atoms with Crippen molar-refractivity contribution in [3.8, 4) is 11.5 Å². The molecule has 1 N–H and O–H groups in total. The number of hydrogen-bond donors (Lipinski definition) is 1. The van der Waals surface area contributed by atoms with Crippen LogP contribution >= 0.6 is 0 Å². The van der Waals surface area contributed by atoms with Gasteiger partial charge in [-0.05, 0) is 38.5 Å². The number of fused-ring (bicyclic) bond motifs is 1. The van der Waals surface area contributed by atoms with Crippen molar-refractivity contribution < 1.29 is 19.0 Å². The van der Waals surface area contributed by atoms with E-state index in [0.717, 1.165) is 17.1 Å². The van der Waals surface area contributed by atoms with E-state index in [4.69, 9.17) is 14.2 Å². The third-order valence-electron chi connectivity index (χ3n) is 2.82. The van der Waals surface area contributed by atoms with Crippen LogP contribution in [0.15, 0.2) is 18.2 Å². The summed E-state index contributed by atoms with van der Waals surface area (Å²) in [5, 5.41) is 2.88. The number of ether oxygens (including phenoxy) is 3. The molecule has 0 radical (unpaired) electrons. The maximum absolute atomic E-state index is 11.7. The normalized spacial score (nSPS) is 14.5. The zero-order chi connectivity index (χ0) is 13.8. The first kappa shape index (κ1) is 13.7. The van der Waals surface area contributed by atoms with Gasteiger partial charge in [0.15, 0.2) is 11.5 Å². The first-order chi connectivity index (χ1) is 9.06. The van der Waals surface area contributed by atoms with E-state index in [0.29, 0.717) is 0 Å². The summed E-state index contributed by atoms with van der Waals surface area (Å²) >= 11 is 0. The predicted molar refractivity (Wildman–Crippen MR) is 70.2 cm³/mol. The number of carbonyl (C=O) groups is 1. The highest BCUT2D eigenvalue weighted by atomic mass is 16.7. The van der Waals surface area contributed by atoms with Crippen molar-refractivity contribution >= 4 is 5.91 Å². The molecule has 1 unspecified atom stereocenters. The van der Waals surface area contributed by atoms with E-state index in [2.05, 4.69) is 5.32 Å². The fourth-order valence-electron chi connectivity index (χ4n) is 1.79. The molecule has 104 valence electrons. The van der Waals surface area contributed by atoms with Crippen molar-refractivity contribution in [2.24, 2.45) is 0 Å². The molecular formula is C14H19NO4. The molecule has 0 bridgehead atoms. The Balaban J connectivity index is 1.92. The Morgan fingerprint density at radius 3 is 2.79 bits per heavy atom. The molecule has 0 spiro atoms. The van der Waals surface area contributed by atoms with Crippen molar-refractivity contribution in [1.29, 1.82) is 0 Å². The molecule has 1 aliphatic heterocycles. The first-order valence-corrected chi connectivity index (χ1v) is 6.37. The van der Waals surface area contributed by atoms with Gasteiger partial charge in [-0.25, -0.2) is 0 Å². The highest BCUT2D eigenvalue weighted by molar-refractivity contribution is 5.77. The van der Waals surface area contributed by atoms with E-state index < -0.39 is 0 Å². The van der Waals surface area contributed by atoms with E-state index in [1.807, 2.05) is 39.0 Å². The standard InChI is InChI=1S/C14H19NO4/c1-9(2)17-7-14(16)15-10(3)11-4-5-12-13(6-11)19-8-18-12/h4-6,9-10H,7-8H2,1-3H3,(H,15,16). The summed E-state index contributed by atoms with van der Waals surface area (Å²) in [6, 6.07) is 5.56. The molecule has 0 fully saturated rings. The number of amides is 1. The predicted octanol–water partition coefficient (Wildman–Crippen LogP) is 2.02. The van der Waals surface area contributed by atoms with Gasteiger partial charge in [0.1, 0.15) is 6.61 Å². The van der Waals surface area contributed by atoms with E-state index >= 15 is 0 Å². The van der Waals surface area contributed by atoms with Crippen LogP contribution in [0.25, 0.3) is 0 Å². The Labute approximate surface area is 112 Å². The lowest BCUT2D eigenvalue weighted by Gasteiger charge is -2.15. The molecule has 0 aliphatic carbocycles. The van der Waals surface area contributed by atoms with Gasteiger partial charge < -0.3 is 19.5 Å². The summed E-state index contributed by atoms with van der Waals surface area (Å²) in [5.41, 5.74) is 0.974. The van der Waals surface area contributed by atoms with Gasteiger partial charge in [-0.2, -0.15) is 0 Å². The van der Waals surface area contributed by atoms with Crippen LogP contribution in [-0.4, -0.2) is 25.4 Å². The minimum Gasteiger partial charge on any atom is -0.454 e. The van der Waals surface area contributed by atoms with Crippen LogP contribution in [0.3, 0.4) is 0 Å². The third-order valence-corrected chi connectivity index (χ3v) is 2.82. The summed E-state index contributed by atoms with van der Waals surface area (Å²) < 4.78 is 15.8. The Morgan fingerprint density at radius 2 is 2.05 bits per heavy atom. The molecule has 1 heterocycles. The number of benzene rings is 1. The molecule has 0 saturated carbocycles. The van der Waals surface area contributed by atoms with Crippen LogP contribution in [0.2, 0.25) is 0 Å². The molecule has 1 aliphatic rings. The SMILES string of the molecule is CC(C)OCC(=O)NC(C)c1ccc2c(c1)OCO2. The second kappa shape index (κ2) is 5.93. The molecule has 1 atom stereocenters. The number of rotatable bonds is 5. The molecule has 1 aromatic carbocycles. The largest absolute Gasteiger partial charge is 0.454 e. The van der Waals surface area contributed by atoms with E-state index in [-0.39, 0.29) is 31.5 Å². The smallest absolute Gasteiger partial charge is 0.246 e. The molecule has 1 aromatic rings. The van der Waals surface area contributed by atoms with Gasteiger partial charge in [0.2, 0.25) is 12.7 Å². The quantitative estimate of drug-likeness (QED) is 0.885. The van der Waals surface area contributed by atoms with Crippen LogP contribution in [-0.2, 0) is 9.53 Å². The van der Waals surface area contributed by atoms with Gasteiger partial charge in [0.05, 0.1) is 12.1 Å². The maximum atomic E-state index is 11.7. The Kier molecular flexibility index (Phi) is 4.27. The molecule has 2 rings (SSSR count). The van der Waals surface area contributed by atoms with Crippen LogP contribution in [0.5, 0.6) is 11.5 Å². The lowest BCUT2D eigenvalue weighted by molar-refractivity contribution is -0.127. The summed E-state index contributed by atoms with van der Waals surface area (Å²) in [6.07, 6.45) is 0.0478. The minimum absolute atomic E-state index is 0.0478. The Bertz CT molecular complexity index is 459. The maximum Gasteiger partial charge on any atom is 0.246 e. The van der Waals surface area contributed by atoms with Crippen LogP contribution in [0.4, 0.5) is 0 Å². The van der Waals surface area contributed by atoms with Crippen molar-refractivity contribution in [2.75, 3.05) is 13.4 Å². The number of carbonyl (C=O) groups excluding carboxylic acids is 1. The second-order valence-corrected chi connectivity index (χ2v) is 4.76. The van der Waals surface area contributed by atoms with Crippen LogP contribution in [0, 0.1) is 0 Å². The van der Waals surface area contributed by atoms with E-state index in [9.17, 15) is 4.79 Å². The van der Waals surface area contributed by atoms with Crippen molar-refractivity contribution in [3.05, 3.63) is 23.8 Å². The zero-order valence-corrected chi connectivity index (χ0v) is 11.4. The Morgan fingerprint density at radius 1 is 1.32 bits per heavy atom. The first-order valence-electron chi connectivity index (χ1n) is 6.37. The summed E-state index contributed by atoms with van der Waals surface area (Å²) in [5.74, 6) is 1.33. The fraction of sp³-hybridized carbons (Fsp3) is 0.500. The highest BCUT2D eigenvalue weighted by Crippen LogP contribution is 2.34. The summed E-state index contributed by atoms with van der Waals surface area (Å²) in [4.78, 5) is 11.7. The molecule has 0 aromatic heterocycles. The summed E-state index contributed by atoms with van der Waals surface area (Å²) in [6.45, 7) is 6.04. The van der Waals surface area contributed by atoms with Gasteiger partial charge in [0, 0.05) is 0 Å². The molecule has 19 heavy (non-hydrogen) atoms. The van der Waals surface area contributed by atoms with Crippen molar-refractivity contribution in [1.82, 2.24) is 5.32 Å². The van der Waals surface area contributed by atoms with E-state index in [1.165, 1.54) is 0 Å². The topological polar surface area (TPSA) is 56.8 Å². The van der Waals surface area contributed by atoms with Gasteiger partial charge >= 0.3 is 0 Å². The number of hydrogen-bond acceptors (Lipinski definition) is 4. The van der Waals surface area contributed by atoms with Gasteiger partial charge in [-0.15, -0.1) is 0 Å². The highest BCUT2D eigenvalue weighted by Gasteiger charge is 2.16. The molecular weight excluding hydrogens is 246 g/mol. The second-order valence-electron chi connectivity index (χ2n) is 4.76. The van der Waals surface area contributed by atoms with Crippen molar-refractivity contribution in [2.45, 2.75) is 32.9 Å². The average molecular weight is 265 g/mol. The van der Waals surface area contributed by atoms with E-state index in [1.54, 1.807) is 0 Å². The monoisotopic (exact) mass is 265 g/mol. The molecule has 0 saturated heterocycles. The zero-order valence-electron chi connectivity index (χ0n) is 11.4. The average Bonchev–Trinajstić information content (AvgIpc) is 2.83. The third kappa shape index (κ3) is 3.61. The minimum atomic E-state index is -0.126. The Hall–Kier alpha value is -1.75. The lowest BCUT2D eigenvalue weighted by Crippen LogP contribution is -2.31. The number of nitrogens with one attached hydrogen (secondary N) is 1. The van der Waals surface area contributed by atoms with Crippen LogP contribution in [0.1, 0.15) is 32.4 Å². The summed E-state index contributed by atoms with van der Waals surface area (Å²) in [7, 11) is 0. The molecule has 1 amide bonds. The van der Waals surface area contributed by atoms with Crippen LogP contribution < -0.4 is 14.8 Å². The molecule has 5 heteroatoms. The fourth-order valence-corrected chi connectivity index (χ4v) is 1.79. The lowest BCUT2D eigenvalue weighted by atomic mass is 10.1. The molecule has 5 nitrogen and oxygen atoms in total. The van der Waals surface area contributed by atoms with Gasteiger partial charge in [-0.1, -0.05) is 6.07 Å². The van der Waals surface area contributed by atoms with Crippen molar-refractivity contribution in [3.63, 3.8) is 0 Å². The van der Waals surface area contributed by atoms with Gasteiger partial charge in [-0.3, -0.25) is 4.79 Å². The van der Waals surface area contributed by atoms with Gasteiger partial charge in [0.25, 0.3) is 0 Å².